The van der Waals surface area contributed by atoms with Gasteiger partial charge in [-0.15, -0.1) is 0 Å². The molecule has 186 valence electrons. The average molecular weight is 622 g/mol. The van der Waals surface area contributed by atoms with Crippen LogP contribution in [-0.4, -0.2) is 24.3 Å². The third-order valence-electron chi connectivity index (χ3n) is 5.95. The molecule has 0 bridgehead atoms. The van der Waals surface area contributed by atoms with E-state index in [1.807, 2.05) is 84.9 Å². The maximum absolute atomic E-state index is 13.9. The van der Waals surface area contributed by atoms with Gasteiger partial charge in [0.15, 0.2) is 4.80 Å². The fourth-order valence-corrected chi connectivity index (χ4v) is 5.86. The first kappa shape index (κ1) is 25.2. The van der Waals surface area contributed by atoms with Gasteiger partial charge in [-0.25, -0.2) is 9.79 Å². The minimum absolute atomic E-state index is 0.205. The second kappa shape index (κ2) is 10.9. The quantitative estimate of drug-likeness (QED) is 0.234. The molecule has 2 heterocycles. The van der Waals surface area contributed by atoms with Gasteiger partial charge in [-0.3, -0.25) is 9.36 Å². The van der Waals surface area contributed by atoms with Crippen LogP contribution in [0.1, 0.15) is 29.7 Å². The number of ether oxygens (including phenoxy) is 2. The molecule has 0 spiro atoms. The normalized spacial score (nSPS) is 15.2. The zero-order valence-electron chi connectivity index (χ0n) is 20.2. The van der Waals surface area contributed by atoms with Crippen molar-refractivity contribution in [1.82, 2.24) is 4.57 Å². The van der Waals surface area contributed by atoms with Crippen molar-refractivity contribution in [3.63, 3.8) is 0 Å². The minimum atomic E-state index is -0.713. The maximum atomic E-state index is 13.9. The molecule has 6 nitrogen and oxygen atoms in total. The second-order valence-electron chi connectivity index (χ2n) is 8.26. The molecule has 5 rings (SSSR count). The zero-order chi connectivity index (χ0) is 25.9. The molecule has 0 unspecified atom stereocenters. The Labute approximate surface area is 231 Å². The zero-order valence-corrected chi connectivity index (χ0v) is 23.2. The molecule has 0 saturated heterocycles. The summed E-state index contributed by atoms with van der Waals surface area (Å²) >= 11 is 3.56. The van der Waals surface area contributed by atoms with Crippen molar-refractivity contribution in [3.8, 4) is 5.75 Å². The first-order valence-electron chi connectivity index (χ1n) is 11.7. The van der Waals surface area contributed by atoms with Gasteiger partial charge in [0.05, 0.1) is 35.6 Å². The van der Waals surface area contributed by atoms with E-state index in [1.54, 1.807) is 18.6 Å². The van der Waals surface area contributed by atoms with Gasteiger partial charge in [-0.05, 0) is 71.0 Å². The smallest absolute Gasteiger partial charge is 0.338 e. The van der Waals surface area contributed by atoms with Crippen LogP contribution in [-0.2, 0) is 9.53 Å². The molecule has 3 aromatic carbocycles. The third-order valence-corrected chi connectivity index (χ3v) is 7.61. The number of rotatable bonds is 6. The minimum Gasteiger partial charge on any atom is -0.497 e. The molecular weight excluding hydrogens is 599 g/mol. The molecule has 4 aromatic rings. The van der Waals surface area contributed by atoms with Gasteiger partial charge in [0.25, 0.3) is 5.56 Å². The summed E-state index contributed by atoms with van der Waals surface area (Å²) in [6, 6.07) is 24.1. The topological polar surface area (TPSA) is 69.9 Å². The van der Waals surface area contributed by atoms with E-state index in [1.165, 1.54) is 11.3 Å². The number of benzene rings is 3. The molecule has 0 aliphatic carbocycles. The predicted octanol–water partition coefficient (Wildman–Crippen LogP) is 4.55. The van der Waals surface area contributed by atoms with Crippen molar-refractivity contribution in [2.75, 3.05) is 13.7 Å². The number of aromatic nitrogens is 1. The number of esters is 1. The lowest BCUT2D eigenvalue weighted by Crippen LogP contribution is -2.40. The van der Waals surface area contributed by atoms with E-state index in [0.717, 1.165) is 20.3 Å². The van der Waals surface area contributed by atoms with Gasteiger partial charge in [-0.1, -0.05) is 65.9 Å². The molecule has 0 saturated carbocycles. The number of carbonyl (C=O) groups is 1. The first-order chi connectivity index (χ1) is 18.0. The average Bonchev–Trinajstić information content (AvgIpc) is 3.22. The van der Waals surface area contributed by atoms with Gasteiger partial charge >= 0.3 is 5.97 Å². The van der Waals surface area contributed by atoms with Gasteiger partial charge in [-0.2, -0.15) is 0 Å². The van der Waals surface area contributed by atoms with Crippen molar-refractivity contribution < 1.29 is 14.3 Å². The van der Waals surface area contributed by atoms with Crippen molar-refractivity contribution in [2.45, 2.75) is 13.0 Å². The van der Waals surface area contributed by atoms with Crippen LogP contribution in [0.15, 0.2) is 94.2 Å². The van der Waals surface area contributed by atoms with E-state index in [9.17, 15) is 9.59 Å². The largest absolute Gasteiger partial charge is 0.497 e. The molecular formula is C29H23IN2O4S. The molecule has 1 atom stereocenters. The second-order valence-corrected chi connectivity index (χ2v) is 10.5. The van der Waals surface area contributed by atoms with Gasteiger partial charge < -0.3 is 9.47 Å². The summed E-state index contributed by atoms with van der Waals surface area (Å²) in [5.74, 6) is 0.178. The Kier molecular flexibility index (Phi) is 7.38. The number of thiazole rings is 1. The molecule has 0 amide bonds. The van der Waals surface area contributed by atoms with E-state index in [-0.39, 0.29) is 12.2 Å². The van der Waals surface area contributed by atoms with Crippen LogP contribution in [0, 0.1) is 3.57 Å². The third kappa shape index (κ3) is 5.03. The van der Waals surface area contributed by atoms with E-state index in [2.05, 4.69) is 22.6 Å². The van der Waals surface area contributed by atoms with Crippen molar-refractivity contribution in [1.29, 1.82) is 0 Å². The summed E-state index contributed by atoms with van der Waals surface area (Å²) in [7, 11) is 1.60. The lowest BCUT2D eigenvalue weighted by Gasteiger charge is -2.26. The van der Waals surface area contributed by atoms with Crippen molar-refractivity contribution >= 4 is 51.7 Å². The number of carbonyl (C=O) groups excluding carboxylic acids is 1. The van der Waals surface area contributed by atoms with Crippen molar-refractivity contribution in [2.24, 2.45) is 4.99 Å². The van der Waals surface area contributed by atoms with E-state index >= 15 is 0 Å². The Morgan fingerprint density at radius 2 is 1.84 bits per heavy atom. The van der Waals surface area contributed by atoms with Crippen LogP contribution < -0.4 is 19.6 Å². The van der Waals surface area contributed by atoms with Gasteiger partial charge in [0, 0.05) is 9.13 Å². The Bertz CT molecular complexity index is 1670. The summed E-state index contributed by atoms with van der Waals surface area (Å²) in [5.41, 5.74) is 3.07. The maximum Gasteiger partial charge on any atom is 0.338 e. The van der Waals surface area contributed by atoms with Crippen LogP contribution in [0.4, 0.5) is 0 Å². The highest BCUT2D eigenvalue weighted by atomic mass is 127. The fraction of sp³-hybridized carbons (Fsp3) is 0.138. The molecule has 8 heteroatoms. The lowest BCUT2D eigenvalue weighted by atomic mass is 9.93. The Morgan fingerprint density at radius 3 is 2.51 bits per heavy atom. The number of halogens is 1. The highest BCUT2D eigenvalue weighted by Gasteiger charge is 2.35. The molecule has 0 fully saturated rings. The van der Waals surface area contributed by atoms with E-state index < -0.39 is 12.0 Å². The van der Waals surface area contributed by atoms with Crippen LogP contribution in [0.5, 0.6) is 5.75 Å². The predicted molar refractivity (Wildman–Crippen MR) is 153 cm³/mol. The Balaban J connectivity index is 1.82. The molecule has 37 heavy (non-hydrogen) atoms. The SMILES string of the molecule is CCOC(=O)C1=C(c2ccccc2)N=c2s/c(=C/c3cccc(I)c3)c(=O)n2[C@@H]1c1ccc(OC)cc1. The van der Waals surface area contributed by atoms with Crippen LogP contribution >= 0.6 is 33.9 Å². The molecule has 1 aliphatic rings. The summed E-state index contributed by atoms with van der Waals surface area (Å²) in [6.07, 6.45) is 1.87. The van der Waals surface area contributed by atoms with Gasteiger partial charge in [0.2, 0.25) is 0 Å². The monoisotopic (exact) mass is 622 g/mol. The van der Waals surface area contributed by atoms with Crippen LogP contribution in [0.2, 0.25) is 0 Å². The number of nitrogens with zero attached hydrogens (tertiary/aromatic N) is 2. The Hall–Kier alpha value is -3.50. The number of methoxy groups -OCH3 is 1. The van der Waals surface area contributed by atoms with Gasteiger partial charge in [0.1, 0.15) is 5.75 Å². The molecule has 0 N–H and O–H groups in total. The Morgan fingerprint density at radius 1 is 1.08 bits per heavy atom. The van der Waals surface area contributed by atoms with E-state index in [4.69, 9.17) is 14.5 Å². The number of fused-ring (bicyclic) bond motifs is 1. The summed E-state index contributed by atoms with van der Waals surface area (Å²) in [6.45, 7) is 1.97. The standard InChI is InChI=1S/C29H23IN2O4S/c1-3-36-28(34)24-25(19-9-5-4-6-10-19)31-29-32(26(24)20-12-14-22(35-2)15-13-20)27(33)23(37-29)17-18-8-7-11-21(30)16-18/h4-17,26H,3H2,1-2H3/b23-17+/t26-/m1/s1. The number of hydrogen-bond donors (Lipinski definition) is 0. The highest BCUT2D eigenvalue weighted by Crippen LogP contribution is 2.35. The summed E-state index contributed by atoms with van der Waals surface area (Å²) < 4.78 is 14.1. The van der Waals surface area contributed by atoms with Crippen LogP contribution in [0.3, 0.4) is 0 Å². The van der Waals surface area contributed by atoms with Crippen LogP contribution in [0.25, 0.3) is 11.8 Å². The molecule has 1 aromatic heterocycles. The number of hydrogen-bond acceptors (Lipinski definition) is 6. The summed E-state index contributed by atoms with van der Waals surface area (Å²) in [4.78, 5) is 32.7. The first-order valence-corrected chi connectivity index (χ1v) is 13.6. The summed E-state index contributed by atoms with van der Waals surface area (Å²) in [5, 5.41) is 0. The lowest BCUT2D eigenvalue weighted by molar-refractivity contribution is -0.138. The fourth-order valence-electron chi connectivity index (χ4n) is 4.29. The van der Waals surface area contributed by atoms with E-state index in [0.29, 0.717) is 26.4 Å². The molecule has 0 radical (unpaired) electrons. The highest BCUT2D eigenvalue weighted by molar-refractivity contribution is 14.1. The van der Waals surface area contributed by atoms with Crippen molar-refractivity contribution in [3.05, 3.63) is 124 Å². The molecule has 1 aliphatic heterocycles.